The van der Waals surface area contributed by atoms with Gasteiger partial charge in [-0.25, -0.2) is 0 Å². The highest BCUT2D eigenvalue weighted by Crippen LogP contribution is 2.21. The molecule has 0 atom stereocenters. The van der Waals surface area contributed by atoms with Crippen molar-refractivity contribution < 1.29 is 9.21 Å². The summed E-state index contributed by atoms with van der Waals surface area (Å²) >= 11 is 3.57. The monoisotopic (exact) mass is 456 g/mol. The lowest BCUT2D eigenvalue weighted by Crippen LogP contribution is -2.48. The fourth-order valence-corrected chi connectivity index (χ4v) is 4.00. The second-order valence-electron chi connectivity index (χ2n) is 7.49. The summed E-state index contributed by atoms with van der Waals surface area (Å²) in [5, 5.41) is 4.57. The van der Waals surface area contributed by atoms with Gasteiger partial charge in [0.1, 0.15) is 5.76 Å². The zero-order valence-corrected chi connectivity index (χ0v) is 18.4. The van der Waals surface area contributed by atoms with E-state index in [2.05, 4.69) is 25.9 Å². The topological polar surface area (TPSA) is 54.5 Å². The molecule has 3 heterocycles. The van der Waals surface area contributed by atoms with Crippen LogP contribution < -0.4 is 0 Å². The van der Waals surface area contributed by atoms with Crippen LogP contribution >= 0.6 is 15.9 Å². The van der Waals surface area contributed by atoms with Crippen LogP contribution in [-0.2, 0) is 13.1 Å². The van der Waals surface area contributed by atoms with Gasteiger partial charge >= 0.3 is 0 Å². The molecule has 1 aromatic carbocycles. The highest BCUT2D eigenvalue weighted by Gasteiger charge is 2.23. The minimum Gasteiger partial charge on any atom is -0.468 e. The highest BCUT2D eigenvalue weighted by molar-refractivity contribution is 9.10. The number of hydrogen-bond acceptors (Lipinski definition) is 4. The number of nitrogens with zero attached hydrogens (tertiary/aromatic N) is 4. The minimum atomic E-state index is 0.0963. The summed E-state index contributed by atoms with van der Waals surface area (Å²) in [4.78, 5) is 17.3. The summed E-state index contributed by atoms with van der Waals surface area (Å²) in [7, 11) is 0. The number of halogens is 1. The fraction of sp³-hybridized carbons (Fsp3) is 0.364. The molecule has 4 rings (SSSR count). The average Bonchev–Trinajstić information content (AvgIpc) is 3.33. The van der Waals surface area contributed by atoms with Crippen LogP contribution in [0.25, 0.3) is 0 Å². The van der Waals surface area contributed by atoms with Gasteiger partial charge < -0.3 is 9.32 Å². The van der Waals surface area contributed by atoms with Gasteiger partial charge in [0.25, 0.3) is 5.91 Å². The van der Waals surface area contributed by atoms with Crippen LogP contribution in [0.5, 0.6) is 0 Å². The first-order chi connectivity index (χ1) is 14.0. The molecule has 6 nitrogen and oxygen atoms in total. The zero-order chi connectivity index (χ0) is 20.4. The van der Waals surface area contributed by atoms with Crippen molar-refractivity contribution in [2.75, 3.05) is 26.2 Å². The third-order valence-corrected chi connectivity index (χ3v) is 6.57. The Hall–Kier alpha value is -2.38. The van der Waals surface area contributed by atoms with Crippen molar-refractivity contribution in [1.82, 2.24) is 19.6 Å². The van der Waals surface area contributed by atoms with E-state index in [1.54, 1.807) is 6.26 Å². The highest BCUT2D eigenvalue weighted by atomic mass is 79.9. The Morgan fingerprint density at radius 2 is 1.90 bits per heavy atom. The maximum atomic E-state index is 13.0. The summed E-state index contributed by atoms with van der Waals surface area (Å²) in [6.07, 6.45) is 1.70. The summed E-state index contributed by atoms with van der Waals surface area (Å²) in [5.41, 5.74) is 3.88. The fourth-order valence-electron chi connectivity index (χ4n) is 3.72. The molecule has 0 saturated carbocycles. The molecule has 152 valence electrons. The van der Waals surface area contributed by atoms with Gasteiger partial charge in [-0.2, -0.15) is 5.10 Å². The van der Waals surface area contributed by atoms with E-state index < -0.39 is 0 Å². The van der Waals surface area contributed by atoms with Crippen molar-refractivity contribution in [2.45, 2.75) is 26.9 Å². The molecule has 7 heteroatoms. The summed E-state index contributed by atoms with van der Waals surface area (Å²) in [6, 6.07) is 11.8. The van der Waals surface area contributed by atoms with Gasteiger partial charge in [0.15, 0.2) is 0 Å². The molecule has 29 heavy (non-hydrogen) atoms. The van der Waals surface area contributed by atoms with E-state index >= 15 is 0 Å². The smallest absolute Gasteiger partial charge is 0.253 e. The average molecular weight is 457 g/mol. The van der Waals surface area contributed by atoms with E-state index in [0.29, 0.717) is 6.54 Å². The molecule has 0 bridgehead atoms. The Morgan fingerprint density at radius 3 is 2.55 bits per heavy atom. The molecule has 1 aliphatic heterocycles. The predicted octanol–water partition coefficient (Wildman–Crippen LogP) is 3.86. The Bertz CT molecular complexity index is 988. The minimum absolute atomic E-state index is 0.0963. The Balaban J connectivity index is 1.39. The van der Waals surface area contributed by atoms with Crippen LogP contribution in [-0.4, -0.2) is 51.7 Å². The number of furan rings is 1. The normalized spacial score (nSPS) is 15.1. The number of carbonyl (C=O) groups excluding carboxylic acids is 1. The van der Waals surface area contributed by atoms with Crippen LogP contribution in [0.3, 0.4) is 0 Å². The Morgan fingerprint density at radius 1 is 1.10 bits per heavy atom. The molecule has 0 spiro atoms. The number of piperazine rings is 1. The number of carbonyl (C=O) groups is 1. The van der Waals surface area contributed by atoms with Gasteiger partial charge in [0.05, 0.1) is 35.2 Å². The van der Waals surface area contributed by atoms with Gasteiger partial charge in [-0.15, -0.1) is 0 Å². The van der Waals surface area contributed by atoms with Crippen molar-refractivity contribution >= 4 is 21.8 Å². The number of amides is 1. The van der Waals surface area contributed by atoms with Gasteiger partial charge in [0, 0.05) is 31.7 Å². The molecule has 2 aromatic heterocycles. The van der Waals surface area contributed by atoms with E-state index in [-0.39, 0.29) is 5.91 Å². The number of aromatic nitrogens is 2. The van der Waals surface area contributed by atoms with Crippen LogP contribution in [0.2, 0.25) is 0 Å². The number of rotatable bonds is 5. The molecule has 0 N–H and O–H groups in total. The molecule has 0 radical (unpaired) electrons. The molecular formula is C22H25BrN4O2. The second kappa shape index (κ2) is 8.55. The standard InChI is InChI=1S/C22H25BrN4O2/c1-16-21(23)17(2)27(24-16)14-18-5-3-6-19(13-18)22(28)26-10-8-25(9-11-26)15-20-7-4-12-29-20/h3-7,12-13H,8-11,14-15H2,1-2H3. The van der Waals surface area contributed by atoms with Crippen molar-refractivity contribution in [3.8, 4) is 0 Å². The van der Waals surface area contributed by atoms with E-state index in [0.717, 1.165) is 65.5 Å². The van der Waals surface area contributed by atoms with E-state index in [1.807, 2.05) is 59.8 Å². The van der Waals surface area contributed by atoms with E-state index in [9.17, 15) is 4.79 Å². The molecule has 1 aliphatic rings. The first-order valence-corrected chi connectivity index (χ1v) is 10.6. The van der Waals surface area contributed by atoms with Crippen molar-refractivity contribution in [3.05, 3.63) is 75.4 Å². The van der Waals surface area contributed by atoms with Crippen LogP contribution in [0.15, 0.2) is 51.6 Å². The molecular weight excluding hydrogens is 432 g/mol. The van der Waals surface area contributed by atoms with Gasteiger partial charge in [0.2, 0.25) is 0 Å². The predicted molar refractivity (Wildman–Crippen MR) is 115 cm³/mol. The summed E-state index contributed by atoms with van der Waals surface area (Å²) in [6.45, 7) is 8.64. The van der Waals surface area contributed by atoms with Gasteiger partial charge in [-0.3, -0.25) is 14.4 Å². The molecule has 1 saturated heterocycles. The first kappa shape index (κ1) is 19.9. The quantitative estimate of drug-likeness (QED) is 0.584. The second-order valence-corrected chi connectivity index (χ2v) is 8.28. The molecule has 0 aliphatic carbocycles. The van der Waals surface area contributed by atoms with Crippen LogP contribution in [0, 0.1) is 13.8 Å². The van der Waals surface area contributed by atoms with Crippen molar-refractivity contribution in [3.63, 3.8) is 0 Å². The summed E-state index contributed by atoms with van der Waals surface area (Å²) in [5.74, 6) is 1.06. The Labute approximate surface area is 179 Å². The molecule has 0 unspecified atom stereocenters. The lowest BCUT2D eigenvalue weighted by atomic mass is 10.1. The van der Waals surface area contributed by atoms with Gasteiger partial charge in [-0.1, -0.05) is 12.1 Å². The molecule has 3 aromatic rings. The van der Waals surface area contributed by atoms with Crippen LogP contribution in [0.4, 0.5) is 0 Å². The molecule has 1 amide bonds. The molecule has 1 fully saturated rings. The first-order valence-electron chi connectivity index (χ1n) is 9.83. The van der Waals surface area contributed by atoms with Gasteiger partial charge in [-0.05, 0) is 59.6 Å². The van der Waals surface area contributed by atoms with Crippen molar-refractivity contribution in [1.29, 1.82) is 0 Å². The lowest BCUT2D eigenvalue weighted by Gasteiger charge is -2.34. The largest absolute Gasteiger partial charge is 0.468 e. The van der Waals surface area contributed by atoms with Crippen LogP contribution in [0.1, 0.15) is 33.1 Å². The SMILES string of the molecule is Cc1nn(Cc2cccc(C(=O)N3CCN(Cc4ccco4)CC3)c2)c(C)c1Br. The summed E-state index contributed by atoms with van der Waals surface area (Å²) < 4.78 is 8.43. The number of benzene rings is 1. The zero-order valence-electron chi connectivity index (χ0n) is 16.8. The maximum Gasteiger partial charge on any atom is 0.253 e. The third-order valence-electron chi connectivity index (χ3n) is 5.42. The van der Waals surface area contributed by atoms with E-state index in [1.165, 1.54) is 0 Å². The third kappa shape index (κ3) is 4.46. The maximum absolute atomic E-state index is 13.0. The van der Waals surface area contributed by atoms with Crippen molar-refractivity contribution in [2.24, 2.45) is 0 Å². The number of aryl methyl sites for hydroxylation is 1. The number of hydrogen-bond donors (Lipinski definition) is 0. The van der Waals surface area contributed by atoms with E-state index in [4.69, 9.17) is 4.42 Å². The lowest BCUT2D eigenvalue weighted by molar-refractivity contribution is 0.0620. The Kier molecular flexibility index (Phi) is 5.87.